The molecule has 1 fully saturated rings. The molecule has 2 aliphatic heterocycles. The van der Waals surface area contributed by atoms with Gasteiger partial charge in [0, 0.05) is 23.0 Å². The molecule has 6 nitrogen and oxygen atoms in total. The Kier molecular flexibility index (Phi) is 6.78. The summed E-state index contributed by atoms with van der Waals surface area (Å²) in [5.41, 5.74) is 1.56. The van der Waals surface area contributed by atoms with Crippen LogP contribution in [0.1, 0.15) is 35.7 Å². The summed E-state index contributed by atoms with van der Waals surface area (Å²) >= 11 is 6.16. The third kappa shape index (κ3) is 5.02. The summed E-state index contributed by atoms with van der Waals surface area (Å²) in [5, 5.41) is 3.62. The molecule has 0 aliphatic carbocycles. The van der Waals surface area contributed by atoms with Crippen molar-refractivity contribution in [2.45, 2.75) is 32.4 Å². The summed E-state index contributed by atoms with van der Waals surface area (Å²) in [6, 6.07) is 12.6. The zero-order valence-electron chi connectivity index (χ0n) is 17.6. The number of carbonyl (C=O) groups is 2. The smallest absolute Gasteiger partial charge is 0.237 e. The second-order valence-electron chi connectivity index (χ2n) is 8.02. The number of benzene rings is 2. The number of fused-ring (bicyclic) bond motifs is 1. The van der Waals surface area contributed by atoms with Gasteiger partial charge in [0.2, 0.25) is 5.91 Å². The third-order valence-electron chi connectivity index (χ3n) is 6.07. The molecule has 31 heavy (non-hydrogen) atoms. The third-order valence-corrected chi connectivity index (χ3v) is 6.43. The number of hydrogen-bond donors (Lipinski definition) is 1. The van der Waals surface area contributed by atoms with Gasteiger partial charge in [-0.25, -0.2) is 0 Å². The lowest BCUT2D eigenvalue weighted by Gasteiger charge is -2.34. The standard InChI is InChI=1S/C24H27ClN2O4/c1-16(24(29)26-15-19-4-2-3-5-20(19)25)27-10-8-17(9-11-27)23(28)18-6-7-21-22(14-18)31-13-12-30-21/h2-7,14,16-17H,8-13,15H2,1H3,(H,26,29). The van der Waals surface area contributed by atoms with Crippen LogP contribution in [0.15, 0.2) is 42.5 Å². The Labute approximate surface area is 187 Å². The molecular formula is C24H27ClN2O4. The van der Waals surface area contributed by atoms with Gasteiger partial charge in [-0.3, -0.25) is 14.5 Å². The van der Waals surface area contributed by atoms with Gasteiger partial charge >= 0.3 is 0 Å². The molecule has 2 aliphatic rings. The first-order chi connectivity index (χ1) is 15.0. The van der Waals surface area contributed by atoms with Gasteiger partial charge in [-0.1, -0.05) is 29.8 Å². The minimum atomic E-state index is -0.257. The molecular weight excluding hydrogens is 416 g/mol. The molecule has 164 valence electrons. The monoisotopic (exact) mass is 442 g/mol. The van der Waals surface area contributed by atoms with Crippen molar-refractivity contribution in [3.63, 3.8) is 0 Å². The first-order valence-corrected chi connectivity index (χ1v) is 11.1. The summed E-state index contributed by atoms with van der Waals surface area (Å²) in [6.45, 7) is 4.76. The van der Waals surface area contributed by atoms with E-state index in [1.165, 1.54) is 0 Å². The number of rotatable bonds is 6. The first-order valence-electron chi connectivity index (χ1n) is 10.7. The fourth-order valence-electron chi connectivity index (χ4n) is 4.12. The molecule has 1 atom stereocenters. The van der Waals surface area contributed by atoms with Gasteiger partial charge in [0.15, 0.2) is 17.3 Å². The number of halogens is 1. The fraction of sp³-hybridized carbons (Fsp3) is 0.417. The Morgan fingerprint density at radius 1 is 1.10 bits per heavy atom. The van der Waals surface area contributed by atoms with Gasteiger partial charge in [-0.15, -0.1) is 0 Å². The summed E-state index contributed by atoms with van der Waals surface area (Å²) in [6.07, 6.45) is 1.46. The van der Waals surface area contributed by atoms with Crippen LogP contribution in [-0.2, 0) is 11.3 Å². The highest BCUT2D eigenvalue weighted by atomic mass is 35.5. The molecule has 0 radical (unpaired) electrons. The number of carbonyl (C=O) groups excluding carboxylic acids is 2. The maximum absolute atomic E-state index is 13.0. The average Bonchev–Trinajstić information content (AvgIpc) is 2.82. The van der Waals surface area contributed by atoms with Crippen LogP contribution < -0.4 is 14.8 Å². The van der Waals surface area contributed by atoms with Crippen molar-refractivity contribution in [1.82, 2.24) is 10.2 Å². The number of piperidine rings is 1. The van der Waals surface area contributed by atoms with Crippen molar-refractivity contribution in [1.29, 1.82) is 0 Å². The van der Waals surface area contributed by atoms with Crippen LogP contribution in [0, 0.1) is 5.92 Å². The van der Waals surface area contributed by atoms with Crippen molar-refractivity contribution in [3.05, 3.63) is 58.6 Å². The van der Waals surface area contributed by atoms with Crippen molar-refractivity contribution >= 4 is 23.3 Å². The minimum Gasteiger partial charge on any atom is -0.486 e. The number of ether oxygens (including phenoxy) is 2. The normalized spacial score (nSPS) is 17.7. The summed E-state index contributed by atoms with van der Waals surface area (Å²) in [4.78, 5) is 27.7. The lowest BCUT2D eigenvalue weighted by Crippen LogP contribution is -2.48. The molecule has 1 unspecified atom stereocenters. The van der Waals surface area contributed by atoms with Crippen LogP contribution >= 0.6 is 11.6 Å². The summed E-state index contributed by atoms with van der Waals surface area (Å²) in [7, 11) is 0. The summed E-state index contributed by atoms with van der Waals surface area (Å²) < 4.78 is 11.1. The predicted molar refractivity (Wildman–Crippen MR) is 119 cm³/mol. The predicted octanol–water partition coefficient (Wildman–Crippen LogP) is 3.71. The Balaban J connectivity index is 1.29. The van der Waals surface area contributed by atoms with Crippen molar-refractivity contribution in [2.24, 2.45) is 5.92 Å². The van der Waals surface area contributed by atoms with E-state index in [9.17, 15) is 9.59 Å². The molecule has 2 aromatic rings. The zero-order chi connectivity index (χ0) is 21.8. The maximum atomic E-state index is 13.0. The number of Topliss-reactive ketones (excluding diaryl/α,β-unsaturated/α-hetero) is 1. The molecule has 0 bridgehead atoms. The number of amides is 1. The van der Waals surface area contributed by atoms with Gasteiger partial charge in [-0.2, -0.15) is 0 Å². The van der Waals surface area contributed by atoms with Gasteiger partial charge in [0.1, 0.15) is 13.2 Å². The van der Waals surface area contributed by atoms with E-state index in [2.05, 4.69) is 10.2 Å². The largest absolute Gasteiger partial charge is 0.486 e. The van der Waals surface area contributed by atoms with Crippen LogP contribution in [0.25, 0.3) is 0 Å². The number of nitrogens with one attached hydrogen (secondary N) is 1. The van der Waals surface area contributed by atoms with Crippen LogP contribution in [-0.4, -0.2) is 48.9 Å². The van der Waals surface area contributed by atoms with Gasteiger partial charge in [0.25, 0.3) is 0 Å². The van der Waals surface area contributed by atoms with E-state index < -0.39 is 0 Å². The van der Waals surface area contributed by atoms with Crippen molar-refractivity contribution in [3.8, 4) is 11.5 Å². The minimum absolute atomic E-state index is 0.0310. The van der Waals surface area contributed by atoms with Gasteiger partial charge in [0.05, 0.1) is 6.04 Å². The number of nitrogens with zero attached hydrogens (tertiary/aromatic N) is 1. The first kappa shape index (κ1) is 21.7. The fourth-order valence-corrected chi connectivity index (χ4v) is 4.32. The Hall–Kier alpha value is -2.57. The van der Waals surface area contributed by atoms with E-state index in [0.29, 0.717) is 54.9 Å². The molecule has 2 heterocycles. The SMILES string of the molecule is CC(C(=O)NCc1ccccc1Cl)N1CCC(C(=O)c2ccc3c(c2)OCCO3)CC1. The molecule has 0 spiro atoms. The maximum Gasteiger partial charge on any atom is 0.237 e. The molecule has 0 aromatic heterocycles. The van der Waals surface area contributed by atoms with Gasteiger partial charge < -0.3 is 14.8 Å². The van der Waals surface area contributed by atoms with E-state index in [-0.39, 0.29) is 23.7 Å². The molecule has 7 heteroatoms. The van der Waals surface area contributed by atoms with Crippen molar-refractivity contribution < 1.29 is 19.1 Å². The van der Waals surface area contributed by atoms with E-state index in [1.807, 2.05) is 43.3 Å². The van der Waals surface area contributed by atoms with E-state index in [0.717, 1.165) is 18.4 Å². The highest BCUT2D eigenvalue weighted by molar-refractivity contribution is 6.31. The molecule has 1 amide bonds. The quantitative estimate of drug-likeness (QED) is 0.691. The van der Waals surface area contributed by atoms with Crippen LogP contribution in [0.4, 0.5) is 0 Å². The topological polar surface area (TPSA) is 67.9 Å². The Bertz CT molecular complexity index is 956. The highest BCUT2D eigenvalue weighted by Crippen LogP contribution is 2.32. The Morgan fingerprint density at radius 3 is 2.55 bits per heavy atom. The van der Waals surface area contributed by atoms with Crippen LogP contribution in [0.5, 0.6) is 11.5 Å². The lowest BCUT2D eigenvalue weighted by molar-refractivity contribution is -0.126. The van der Waals surface area contributed by atoms with Crippen molar-refractivity contribution in [2.75, 3.05) is 26.3 Å². The second kappa shape index (κ2) is 9.71. The average molecular weight is 443 g/mol. The van der Waals surface area contributed by atoms with Crippen LogP contribution in [0.2, 0.25) is 5.02 Å². The zero-order valence-corrected chi connectivity index (χ0v) is 18.4. The Morgan fingerprint density at radius 2 is 1.81 bits per heavy atom. The van der Waals surface area contributed by atoms with E-state index in [1.54, 1.807) is 6.07 Å². The molecule has 1 saturated heterocycles. The second-order valence-corrected chi connectivity index (χ2v) is 8.43. The molecule has 2 aromatic carbocycles. The van der Waals surface area contributed by atoms with E-state index >= 15 is 0 Å². The molecule has 0 saturated carbocycles. The number of likely N-dealkylation sites (tertiary alicyclic amines) is 1. The highest BCUT2D eigenvalue weighted by Gasteiger charge is 2.30. The van der Waals surface area contributed by atoms with Gasteiger partial charge in [-0.05, 0) is 62.7 Å². The number of hydrogen-bond acceptors (Lipinski definition) is 5. The number of ketones is 1. The van der Waals surface area contributed by atoms with E-state index in [4.69, 9.17) is 21.1 Å². The van der Waals surface area contributed by atoms with Crippen LogP contribution in [0.3, 0.4) is 0 Å². The summed E-state index contributed by atoms with van der Waals surface area (Å²) in [5.74, 6) is 1.38. The molecule has 1 N–H and O–H groups in total. The molecule has 4 rings (SSSR count). The lowest BCUT2D eigenvalue weighted by atomic mass is 9.88.